The van der Waals surface area contributed by atoms with Crippen LogP contribution in [-0.4, -0.2) is 35.1 Å². The predicted octanol–water partition coefficient (Wildman–Crippen LogP) is 2.18. The lowest BCUT2D eigenvalue weighted by Gasteiger charge is -2.12. The third kappa shape index (κ3) is 4.96. The van der Waals surface area contributed by atoms with E-state index < -0.39 is 10.0 Å². The molecule has 1 amide bonds. The van der Waals surface area contributed by atoms with Crippen molar-refractivity contribution in [1.29, 1.82) is 0 Å². The first-order chi connectivity index (χ1) is 12.4. The zero-order valence-corrected chi connectivity index (χ0v) is 15.7. The van der Waals surface area contributed by atoms with Gasteiger partial charge in [-0.2, -0.15) is 0 Å². The molecule has 0 aliphatic heterocycles. The van der Waals surface area contributed by atoms with Gasteiger partial charge in [0.2, 0.25) is 15.9 Å². The molecule has 0 aliphatic rings. The van der Waals surface area contributed by atoms with Gasteiger partial charge >= 0.3 is 0 Å². The van der Waals surface area contributed by atoms with Crippen molar-refractivity contribution in [3.8, 4) is 11.5 Å². The van der Waals surface area contributed by atoms with Gasteiger partial charge in [-0.1, -0.05) is 18.2 Å². The minimum Gasteiger partial charge on any atom is -0.496 e. The van der Waals surface area contributed by atoms with Crippen molar-refractivity contribution >= 4 is 21.6 Å². The van der Waals surface area contributed by atoms with Crippen LogP contribution in [0.2, 0.25) is 0 Å². The van der Waals surface area contributed by atoms with Crippen molar-refractivity contribution in [3.63, 3.8) is 0 Å². The van der Waals surface area contributed by atoms with Gasteiger partial charge in [0.15, 0.2) is 0 Å². The van der Waals surface area contributed by atoms with Crippen LogP contribution in [0.4, 0.5) is 5.69 Å². The monoisotopic (exact) mass is 378 g/mol. The molecule has 2 aromatic rings. The van der Waals surface area contributed by atoms with Crippen molar-refractivity contribution in [1.82, 2.24) is 4.72 Å². The highest BCUT2D eigenvalue weighted by Gasteiger charge is 2.17. The molecule has 0 saturated carbocycles. The molecule has 0 aliphatic carbocycles. The Morgan fingerprint density at radius 2 is 1.73 bits per heavy atom. The van der Waals surface area contributed by atoms with Crippen molar-refractivity contribution in [2.75, 3.05) is 26.1 Å². The molecule has 0 atom stereocenters. The Morgan fingerprint density at radius 3 is 2.38 bits per heavy atom. The highest BCUT2D eigenvalue weighted by molar-refractivity contribution is 7.89. The first-order valence-electron chi connectivity index (χ1n) is 7.94. The van der Waals surface area contributed by atoms with Crippen LogP contribution in [-0.2, 0) is 21.2 Å². The Balaban J connectivity index is 2.11. The summed E-state index contributed by atoms with van der Waals surface area (Å²) < 4.78 is 38.0. The highest BCUT2D eigenvalue weighted by Crippen LogP contribution is 2.27. The van der Waals surface area contributed by atoms with Gasteiger partial charge in [0.1, 0.15) is 11.5 Å². The van der Waals surface area contributed by atoms with E-state index in [1.807, 2.05) is 24.3 Å². The minimum atomic E-state index is -3.71. The number of hydrogen-bond donors (Lipinski definition) is 2. The third-order valence-electron chi connectivity index (χ3n) is 3.67. The van der Waals surface area contributed by atoms with Gasteiger partial charge in [-0.05, 0) is 30.2 Å². The van der Waals surface area contributed by atoms with Crippen LogP contribution in [0.15, 0.2) is 47.4 Å². The number of carbonyl (C=O) groups is 1. The predicted molar refractivity (Wildman–Crippen MR) is 99.2 cm³/mol. The van der Waals surface area contributed by atoms with Crippen LogP contribution in [0.5, 0.6) is 11.5 Å². The number of amides is 1. The van der Waals surface area contributed by atoms with Crippen LogP contribution < -0.4 is 19.5 Å². The van der Waals surface area contributed by atoms with Crippen LogP contribution in [0.3, 0.4) is 0 Å². The summed E-state index contributed by atoms with van der Waals surface area (Å²) in [4.78, 5) is 11.2. The number of sulfonamides is 1. The maximum Gasteiger partial charge on any atom is 0.240 e. The van der Waals surface area contributed by atoms with Gasteiger partial charge in [-0.3, -0.25) is 4.79 Å². The van der Waals surface area contributed by atoms with Crippen molar-refractivity contribution in [3.05, 3.63) is 48.0 Å². The summed E-state index contributed by atoms with van der Waals surface area (Å²) in [6.07, 6.45) is 0.490. The largest absolute Gasteiger partial charge is 0.496 e. The fraction of sp³-hybridized carbons (Fsp3) is 0.278. The van der Waals surface area contributed by atoms with E-state index in [1.165, 1.54) is 32.2 Å². The number of benzene rings is 2. The Morgan fingerprint density at radius 1 is 1.04 bits per heavy atom. The molecule has 7 nitrogen and oxygen atoms in total. The average molecular weight is 378 g/mol. The lowest BCUT2D eigenvalue weighted by Crippen LogP contribution is -2.26. The van der Waals surface area contributed by atoms with Crippen molar-refractivity contribution in [2.45, 2.75) is 18.2 Å². The zero-order valence-electron chi connectivity index (χ0n) is 14.9. The molecule has 0 saturated heterocycles. The second-order valence-electron chi connectivity index (χ2n) is 5.50. The van der Waals surface area contributed by atoms with E-state index in [1.54, 1.807) is 7.11 Å². The topological polar surface area (TPSA) is 93.7 Å². The highest BCUT2D eigenvalue weighted by atomic mass is 32.2. The maximum atomic E-state index is 12.5. The number of methoxy groups -OCH3 is 2. The molecule has 2 N–H and O–H groups in total. The van der Waals surface area contributed by atoms with Crippen molar-refractivity contribution in [2.24, 2.45) is 0 Å². The SMILES string of the molecule is COc1ccccc1CCNS(=O)(=O)c1ccc(NC(C)=O)c(OC)c1. The molecule has 0 fully saturated rings. The maximum absolute atomic E-state index is 12.5. The molecule has 0 heterocycles. The van der Waals surface area contributed by atoms with Gasteiger partial charge in [0.05, 0.1) is 24.8 Å². The molecule has 0 aromatic heterocycles. The fourth-order valence-corrected chi connectivity index (χ4v) is 3.49. The Labute approximate surface area is 153 Å². The number of para-hydroxylation sites is 1. The summed E-state index contributed by atoms with van der Waals surface area (Å²) in [7, 11) is -0.727. The van der Waals surface area contributed by atoms with Crippen LogP contribution in [0, 0.1) is 0 Å². The van der Waals surface area contributed by atoms with Crippen molar-refractivity contribution < 1.29 is 22.7 Å². The first kappa shape index (κ1) is 19.7. The number of hydrogen-bond acceptors (Lipinski definition) is 5. The first-order valence-corrected chi connectivity index (χ1v) is 9.43. The number of ether oxygens (including phenoxy) is 2. The lowest BCUT2D eigenvalue weighted by molar-refractivity contribution is -0.114. The van der Waals surface area contributed by atoms with E-state index in [2.05, 4.69) is 10.0 Å². The molecule has 0 spiro atoms. The summed E-state index contributed by atoms with van der Waals surface area (Å²) in [5, 5.41) is 2.59. The summed E-state index contributed by atoms with van der Waals surface area (Å²) >= 11 is 0. The molecular formula is C18H22N2O5S. The van der Waals surface area contributed by atoms with Crippen LogP contribution >= 0.6 is 0 Å². The molecule has 0 bridgehead atoms. The molecule has 2 aromatic carbocycles. The second kappa shape index (κ2) is 8.68. The Kier molecular flexibility index (Phi) is 6.59. The Hall–Kier alpha value is -2.58. The van der Waals surface area contributed by atoms with Gasteiger partial charge in [-0.25, -0.2) is 13.1 Å². The molecule has 140 valence electrons. The lowest BCUT2D eigenvalue weighted by atomic mass is 10.1. The van der Waals surface area contributed by atoms with Gasteiger partial charge in [0, 0.05) is 19.5 Å². The van der Waals surface area contributed by atoms with Gasteiger partial charge < -0.3 is 14.8 Å². The number of rotatable bonds is 8. The zero-order chi connectivity index (χ0) is 19.2. The van der Waals surface area contributed by atoms with E-state index >= 15 is 0 Å². The second-order valence-corrected chi connectivity index (χ2v) is 7.27. The molecular weight excluding hydrogens is 356 g/mol. The van der Waals surface area contributed by atoms with E-state index in [9.17, 15) is 13.2 Å². The summed E-state index contributed by atoms with van der Waals surface area (Å²) in [5.74, 6) is 0.717. The van der Waals surface area contributed by atoms with Gasteiger partial charge in [-0.15, -0.1) is 0 Å². The van der Waals surface area contributed by atoms with E-state index in [4.69, 9.17) is 9.47 Å². The summed E-state index contributed by atoms with van der Waals surface area (Å²) in [5.41, 5.74) is 1.32. The quantitative estimate of drug-likeness (QED) is 0.734. The Bertz CT molecular complexity index is 881. The number of anilines is 1. The van der Waals surface area contributed by atoms with Crippen LogP contribution in [0.25, 0.3) is 0 Å². The fourth-order valence-electron chi connectivity index (χ4n) is 2.44. The van der Waals surface area contributed by atoms with Gasteiger partial charge in [0.25, 0.3) is 0 Å². The average Bonchev–Trinajstić information content (AvgIpc) is 2.61. The summed E-state index contributed by atoms with van der Waals surface area (Å²) in [6.45, 7) is 1.59. The molecule has 8 heteroatoms. The van der Waals surface area contributed by atoms with E-state index in [0.29, 0.717) is 17.9 Å². The smallest absolute Gasteiger partial charge is 0.240 e. The van der Waals surface area contributed by atoms with E-state index in [0.717, 1.165) is 5.56 Å². The molecule has 26 heavy (non-hydrogen) atoms. The minimum absolute atomic E-state index is 0.0588. The standard InChI is InChI=1S/C18H22N2O5S/c1-13(21)20-16-9-8-15(12-18(16)25-3)26(22,23)19-11-10-14-6-4-5-7-17(14)24-2/h4-9,12,19H,10-11H2,1-3H3,(H,20,21). The third-order valence-corrected chi connectivity index (χ3v) is 5.13. The summed E-state index contributed by atoms with van der Waals surface area (Å²) in [6, 6.07) is 11.7. The molecule has 2 rings (SSSR count). The van der Waals surface area contributed by atoms with Crippen LogP contribution in [0.1, 0.15) is 12.5 Å². The molecule has 0 radical (unpaired) electrons. The number of carbonyl (C=O) groups excluding carboxylic acids is 1. The molecule has 0 unspecified atom stereocenters. The normalized spacial score (nSPS) is 11.0. The number of nitrogens with one attached hydrogen (secondary N) is 2. The van der Waals surface area contributed by atoms with E-state index in [-0.39, 0.29) is 23.1 Å².